The van der Waals surface area contributed by atoms with Gasteiger partial charge in [0.1, 0.15) is 28.8 Å². The number of pyridine rings is 1. The van der Waals surface area contributed by atoms with Crippen molar-refractivity contribution in [2.24, 2.45) is 0 Å². The van der Waals surface area contributed by atoms with Crippen molar-refractivity contribution in [1.29, 1.82) is 0 Å². The van der Waals surface area contributed by atoms with Crippen LogP contribution in [-0.2, 0) is 17.6 Å². The van der Waals surface area contributed by atoms with Gasteiger partial charge in [-0.15, -0.1) is 0 Å². The molecule has 1 aromatic heterocycles. The van der Waals surface area contributed by atoms with Crippen LogP contribution in [0.3, 0.4) is 0 Å². The van der Waals surface area contributed by atoms with Gasteiger partial charge in [0.15, 0.2) is 0 Å². The lowest BCUT2D eigenvalue weighted by Crippen LogP contribution is -2.06. The summed E-state index contributed by atoms with van der Waals surface area (Å²) in [4.78, 5) is 20.4. The van der Waals surface area contributed by atoms with Crippen LogP contribution in [0.25, 0.3) is 15.7 Å². The highest BCUT2D eigenvalue weighted by Crippen LogP contribution is 2.37. The summed E-state index contributed by atoms with van der Waals surface area (Å²) in [7, 11) is 0. The number of hydrogen-bond donors (Lipinski definition) is 0. The summed E-state index contributed by atoms with van der Waals surface area (Å²) in [5.74, 6) is 1.44. The second-order valence-corrected chi connectivity index (χ2v) is 7.87. The number of halogens is 1. The van der Waals surface area contributed by atoms with Gasteiger partial charge in [-0.3, -0.25) is 9.78 Å². The third-order valence-electron chi connectivity index (χ3n) is 5.23. The molecule has 5 nitrogen and oxygen atoms in total. The number of rotatable bonds is 9. The quantitative estimate of drug-likeness (QED) is 0.259. The zero-order chi connectivity index (χ0) is 23.9. The molecule has 4 rings (SSSR count). The van der Waals surface area contributed by atoms with Gasteiger partial charge in [0.25, 0.3) is 0 Å². The van der Waals surface area contributed by atoms with E-state index >= 15 is 0 Å². The molecule has 0 N–H and O–H groups in total. The average molecular weight is 455 g/mol. The standard InChI is InChI=1S/C28H23FN2O3/c1-3-14-33-28-18-25-24(17-26(28)30-2)27(12-13-31-25)34-23-10-6-20(7-11-23)16-22(32)15-19-4-8-21(29)9-5-19/h4-13,17-18H,3,14-16H2,1H3. The number of carbonyl (C=O) groups is 1. The molecule has 0 unspecified atom stereocenters. The molecule has 6 heteroatoms. The first-order valence-corrected chi connectivity index (χ1v) is 11.0. The lowest BCUT2D eigenvalue weighted by Gasteiger charge is -2.12. The number of Topliss-reactive ketones (excluding diaryl/α,β-unsaturated/α-hetero) is 1. The first-order chi connectivity index (χ1) is 16.6. The summed E-state index contributed by atoms with van der Waals surface area (Å²) >= 11 is 0. The Labute approximate surface area is 197 Å². The zero-order valence-electron chi connectivity index (χ0n) is 18.8. The molecule has 0 fully saturated rings. The van der Waals surface area contributed by atoms with Gasteiger partial charge >= 0.3 is 0 Å². The van der Waals surface area contributed by atoms with E-state index in [1.54, 1.807) is 48.7 Å². The minimum atomic E-state index is -0.315. The van der Waals surface area contributed by atoms with E-state index in [0.29, 0.717) is 35.1 Å². The van der Waals surface area contributed by atoms with Crippen molar-refractivity contribution < 1.29 is 18.7 Å². The van der Waals surface area contributed by atoms with E-state index in [0.717, 1.165) is 22.9 Å². The molecule has 0 bridgehead atoms. The number of fused-ring (bicyclic) bond motifs is 1. The summed E-state index contributed by atoms with van der Waals surface area (Å²) in [6, 6.07) is 18.5. The van der Waals surface area contributed by atoms with Gasteiger partial charge in [0.05, 0.1) is 18.7 Å². The third-order valence-corrected chi connectivity index (χ3v) is 5.23. The number of ketones is 1. The van der Waals surface area contributed by atoms with E-state index in [4.69, 9.17) is 16.0 Å². The van der Waals surface area contributed by atoms with E-state index in [-0.39, 0.29) is 24.4 Å². The maximum atomic E-state index is 13.0. The Hall–Kier alpha value is -4.24. The van der Waals surface area contributed by atoms with Crippen LogP contribution in [0.2, 0.25) is 0 Å². The number of benzene rings is 3. The highest BCUT2D eigenvalue weighted by atomic mass is 19.1. The fraction of sp³-hybridized carbons (Fsp3) is 0.179. The average Bonchev–Trinajstić information content (AvgIpc) is 2.85. The molecule has 0 aliphatic carbocycles. The Balaban J connectivity index is 1.47. The largest absolute Gasteiger partial charge is 0.505 e. The molecule has 34 heavy (non-hydrogen) atoms. The van der Waals surface area contributed by atoms with Crippen molar-refractivity contribution in [3.8, 4) is 17.2 Å². The summed E-state index contributed by atoms with van der Waals surface area (Å²) in [6.45, 7) is 10.0. The molecule has 170 valence electrons. The maximum absolute atomic E-state index is 13.0. The highest BCUT2D eigenvalue weighted by molar-refractivity contribution is 5.91. The van der Waals surface area contributed by atoms with Gasteiger partial charge in [0, 0.05) is 24.4 Å². The lowest BCUT2D eigenvalue weighted by molar-refractivity contribution is -0.117. The van der Waals surface area contributed by atoms with Crippen molar-refractivity contribution in [2.45, 2.75) is 26.2 Å². The Morgan fingerprint density at radius 3 is 2.29 bits per heavy atom. The van der Waals surface area contributed by atoms with Crippen molar-refractivity contribution >= 4 is 22.4 Å². The van der Waals surface area contributed by atoms with Crippen LogP contribution in [0.4, 0.5) is 10.1 Å². The van der Waals surface area contributed by atoms with Gasteiger partial charge in [-0.1, -0.05) is 31.2 Å². The third kappa shape index (κ3) is 5.57. The van der Waals surface area contributed by atoms with Crippen LogP contribution in [0, 0.1) is 12.4 Å². The predicted octanol–water partition coefficient (Wildman–Crippen LogP) is 6.86. The summed E-state index contributed by atoms with van der Waals surface area (Å²) in [5.41, 5.74) is 2.75. The normalized spacial score (nSPS) is 10.6. The smallest absolute Gasteiger partial charge is 0.229 e. The van der Waals surface area contributed by atoms with Crippen LogP contribution in [-0.4, -0.2) is 17.4 Å². The van der Waals surface area contributed by atoms with Crippen molar-refractivity contribution in [3.63, 3.8) is 0 Å². The Morgan fingerprint density at radius 1 is 0.971 bits per heavy atom. The van der Waals surface area contributed by atoms with E-state index in [1.165, 1.54) is 12.1 Å². The maximum Gasteiger partial charge on any atom is 0.229 e. The Bertz CT molecular complexity index is 1340. The fourth-order valence-corrected chi connectivity index (χ4v) is 3.56. The van der Waals surface area contributed by atoms with Crippen LogP contribution >= 0.6 is 0 Å². The SMILES string of the molecule is [C-]#[N+]c1cc2c(Oc3ccc(CC(=O)Cc4ccc(F)cc4)cc3)ccnc2cc1OCCC. The van der Waals surface area contributed by atoms with E-state index < -0.39 is 0 Å². The molecule has 0 saturated heterocycles. The van der Waals surface area contributed by atoms with Crippen molar-refractivity contribution in [2.75, 3.05) is 6.61 Å². The van der Waals surface area contributed by atoms with Crippen LogP contribution in [0.1, 0.15) is 24.5 Å². The summed E-state index contributed by atoms with van der Waals surface area (Å²) in [6.07, 6.45) is 3.04. The predicted molar refractivity (Wildman–Crippen MR) is 129 cm³/mol. The Morgan fingerprint density at radius 2 is 1.65 bits per heavy atom. The first kappa shape index (κ1) is 22.9. The molecular weight excluding hydrogens is 431 g/mol. The summed E-state index contributed by atoms with van der Waals surface area (Å²) in [5, 5.41) is 0.718. The molecule has 0 spiro atoms. The van der Waals surface area contributed by atoms with Gasteiger partial charge in [-0.25, -0.2) is 9.24 Å². The molecular formula is C28H23FN2O3. The number of aromatic nitrogens is 1. The second kappa shape index (κ2) is 10.6. The molecule has 0 aliphatic rings. The molecule has 0 radical (unpaired) electrons. The number of carbonyl (C=O) groups excluding carboxylic acids is 1. The van der Waals surface area contributed by atoms with Crippen molar-refractivity contribution in [3.05, 3.63) is 101 Å². The topological polar surface area (TPSA) is 52.8 Å². The van der Waals surface area contributed by atoms with Gasteiger partial charge in [-0.05, 0) is 60.0 Å². The van der Waals surface area contributed by atoms with Gasteiger partial charge < -0.3 is 9.47 Å². The van der Waals surface area contributed by atoms with Crippen molar-refractivity contribution in [1.82, 2.24) is 4.98 Å². The zero-order valence-corrected chi connectivity index (χ0v) is 18.8. The van der Waals surface area contributed by atoms with Gasteiger partial charge in [-0.2, -0.15) is 0 Å². The molecule has 0 aliphatic heterocycles. The molecule has 0 saturated carbocycles. The monoisotopic (exact) mass is 454 g/mol. The number of ether oxygens (including phenoxy) is 2. The molecule has 3 aromatic carbocycles. The number of hydrogen-bond acceptors (Lipinski definition) is 4. The fourth-order valence-electron chi connectivity index (χ4n) is 3.56. The molecule has 0 atom stereocenters. The van der Waals surface area contributed by atoms with E-state index in [2.05, 4.69) is 9.83 Å². The Kier molecular flexibility index (Phi) is 7.14. The minimum Gasteiger partial charge on any atom is -0.505 e. The minimum absolute atomic E-state index is 0.0492. The van der Waals surface area contributed by atoms with Crippen LogP contribution < -0.4 is 9.47 Å². The first-order valence-electron chi connectivity index (χ1n) is 11.0. The number of nitrogens with zero attached hydrogens (tertiary/aromatic N) is 2. The second-order valence-electron chi connectivity index (χ2n) is 7.87. The molecule has 4 aromatic rings. The molecule has 1 heterocycles. The van der Waals surface area contributed by atoms with E-state index in [9.17, 15) is 9.18 Å². The summed E-state index contributed by atoms with van der Waals surface area (Å²) < 4.78 is 24.8. The van der Waals surface area contributed by atoms with Crippen LogP contribution in [0.15, 0.2) is 72.9 Å². The van der Waals surface area contributed by atoms with E-state index in [1.807, 2.05) is 19.1 Å². The van der Waals surface area contributed by atoms with Gasteiger partial charge in [0.2, 0.25) is 5.69 Å². The molecule has 0 amide bonds. The highest BCUT2D eigenvalue weighted by Gasteiger charge is 2.12. The van der Waals surface area contributed by atoms with Crippen LogP contribution in [0.5, 0.6) is 17.2 Å². The lowest BCUT2D eigenvalue weighted by atomic mass is 10.0.